The van der Waals surface area contributed by atoms with Gasteiger partial charge in [-0.05, 0) is 20.8 Å². The molecule has 0 atom stereocenters. The summed E-state index contributed by atoms with van der Waals surface area (Å²) < 4.78 is 26.8. The minimum atomic E-state index is -0.593. The molecular weight excluding hydrogens is 380 g/mol. The Hall–Kier alpha value is -2.52. The van der Waals surface area contributed by atoms with Gasteiger partial charge in [-0.1, -0.05) is 0 Å². The van der Waals surface area contributed by atoms with E-state index in [0.717, 1.165) is 18.8 Å². The molecule has 0 saturated carbocycles. The Morgan fingerprint density at radius 1 is 1.00 bits per heavy atom. The summed E-state index contributed by atoms with van der Waals surface area (Å²) in [5.41, 5.74) is 1.35. The number of hydrogen-bond donors (Lipinski definition) is 1. The zero-order chi connectivity index (χ0) is 21.1. The molecule has 1 aromatic carbocycles. The molecule has 1 aromatic rings. The Morgan fingerprint density at radius 2 is 1.69 bits per heavy atom. The first-order valence-electron chi connectivity index (χ1n) is 9.88. The molecule has 9 heteroatoms. The summed E-state index contributed by atoms with van der Waals surface area (Å²) in [6.45, 7) is 9.02. The molecule has 0 aliphatic carbocycles. The number of amides is 1. The monoisotopic (exact) mass is 410 g/mol. The fraction of sp³-hybridized carbons (Fsp3) is 0.600. The molecule has 0 aromatic heterocycles. The van der Waals surface area contributed by atoms with E-state index in [-0.39, 0.29) is 6.61 Å². The van der Waals surface area contributed by atoms with Crippen LogP contribution in [0.5, 0.6) is 11.5 Å². The van der Waals surface area contributed by atoms with Crippen LogP contribution in [0.15, 0.2) is 12.1 Å². The number of benzene rings is 1. The molecule has 0 spiro atoms. The van der Waals surface area contributed by atoms with Gasteiger partial charge < -0.3 is 33.9 Å². The average Bonchev–Trinajstić information content (AvgIpc) is 2.73. The van der Waals surface area contributed by atoms with Crippen LogP contribution in [-0.2, 0) is 23.8 Å². The molecule has 0 unspecified atom stereocenters. The third-order valence-corrected chi connectivity index (χ3v) is 4.07. The molecule has 1 amide bonds. The van der Waals surface area contributed by atoms with Crippen LogP contribution in [0.1, 0.15) is 20.8 Å². The first-order valence-corrected chi connectivity index (χ1v) is 9.88. The zero-order valence-corrected chi connectivity index (χ0v) is 17.3. The number of rotatable bonds is 11. The van der Waals surface area contributed by atoms with Crippen LogP contribution < -0.4 is 19.7 Å². The number of esters is 1. The lowest BCUT2D eigenvalue weighted by atomic mass is 10.2. The Morgan fingerprint density at radius 3 is 2.34 bits per heavy atom. The topological polar surface area (TPSA) is 95.6 Å². The van der Waals surface area contributed by atoms with E-state index < -0.39 is 18.5 Å². The molecule has 1 aliphatic rings. The summed E-state index contributed by atoms with van der Waals surface area (Å²) in [5, 5.41) is 2.73. The molecule has 0 bridgehead atoms. The molecule has 9 nitrogen and oxygen atoms in total. The van der Waals surface area contributed by atoms with Crippen molar-refractivity contribution in [3.8, 4) is 11.5 Å². The Labute approximate surface area is 171 Å². The fourth-order valence-corrected chi connectivity index (χ4v) is 2.80. The first kappa shape index (κ1) is 22.8. The highest BCUT2D eigenvalue weighted by Gasteiger charge is 2.20. The molecule has 1 aliphatic heterocycles. The van der Waals surface area contributed by atoms with E-state index in [0.29, 0.717) is 50.2 Å². The van der Waals surface area contributed by atoms with E-state index in [2.05, 4.69) is 10.2 Å². The van der Waals surface area contributed by atoms with Crippen molar-refractivity contribution in [3.63, 3.8) is 0 Å². The maximum atomic E-state index is 12.3. The van der Waals surface area contributed by atoms with Crippen LogP contribution in [0.3, 0.4) is 0 Å². The molecule has 1 fully saturated rings. The number of morpholine rings is 1. The van der Waals surface area contributed by atoms with Crippen LogP contribution >= 0.6 is 0 Å². The van der Waals surface area contributed by atoms with Gasteiger partial charge in [0.15, 0.2) is 6.61 Å². The van der Waals surface area contributed by atoms with Crippen molar-refractivity contribution in [2.45, 2.75) is 20.8 Å². The van der Waals surface area contributed by atoms with E-state index in [9.17, 15) is 9.59 Å². The molecular formula is C20H30N2O7. The maximum absolute atomic E-state index is 12.3. The molecule has 2 rings (SSSR count). The summed E-state index contributed by atoms with van der Waals surface area (Å²) >= 11 is 0. The van der Waals surface area contributed by atoms with Crippen LogP contribution in [0.2, 0.25) is 0 Å². The standard InChI is InChI=1S/C20H30N2O7/c1-4-25-14-20(24)29-13-19(23)21-15-11-18(28-6-3)16(12-17(15)27-5-2)22-7-9-26-10-8-22/h11-12H,4-10,13-14H2,1-3H3,(H,21,23). The molecule has 1 N–H and O–H groups in total. The van der Waals surface area contributed by atoms with Gasteiger partial charge in [0.25, 0.3) is 5.91 Å². The average molecular weight is 410 g/mol. The quantitative estimate of drug-likeness (QED) is 0.552. The van der Waals surface area contributed by atoms with Crippen molar-refractivity contribution in [3.05, 3.63) is 12.1 Å². The predicted octanol–water partition coefficient (Wildman–Crippen LogP) is 1.84. The van der Waals surface area contributed by atoms with Gasteiger partial charge in [0.2, 0.25) is 0 Å². The zero-order valence-electron chi connectivity index (χ0n) is 17.3. The largest absolute Gasteiger partial charge is 0.492 e. The van der Waals surface area contributed by atoms with E-state index in [4.69, 9.17) is 23.7 Å². The predicted molar refractivity (Wildman–Crippen MR) is 108 cm³/mol. The van der Waals surface area contributed by atoms with E-state index in [1.807, 2.05) is 19.9 Å². The summed E-state index contributed by atoms with van der Waals surface area (Å²) in [6, 6.07) is 3.59. The van der Waals surface area contributed by atoms with Gasteiger partial charge in [0, 0.05) is 31.8 Å². The van der Waals surface area contributed by atoms with Crippen molar-refractivity contribution < 1.29 is 33.3 Å². The van der Waals surface area contributed by atoms with Gasteiger partial charge >= 0.3 is 5.97 Å². The first-order chi connectivity index (χ1) is 14.1. The van der Waals surface area contributed by atoms with Crippen molar-refractivity contribution in [1.82, 2.24) is 0 Å². The number of ether oxygens (including phenoxy) is 5. The normalized spacial score (nSPS) is 13.7. The lowest BCUT2D eigenvalue weighted by Crippen LogP contribution is -2.36. The third kappa shape index (κ3) is 7.10. The SMILES string of the molecule is CCOCC(=O)OCC(=O)Nc1cc(OCC)c(N2CCOCC2)cc1OCC. The molecule has 1 heterocycles. The summed E-state index contributed by atoms with van der Waals surface area (Å²) in [6.07, 6.45) is 0. The summed E-state index contributed by atoms with van der Waals surface area (Å²) in [7, 11) is 0. The van der Waals surface area contributed by atoms with Gasteiger partial charge in [-0.15, -0.1) is 0 Å². The minimum Gasteiger partial charge on any atom is -0.492 e. The van der Waals surface area contributed by atoms with Gasteiger partial charge in [-0.3, -0.25) is 4.79 Å². The van der Waals surface area contributed by atoms with Gasteiger partial charge in [0.05, 0.1) is 37.8 Å². The van der Waals surface area contributed by atoms with Crippen molar-refractivity contribution in [2.24, 2.45) is 0 Å². The number of carbonyl (C=O) groups is 2. The van der Waals surface area contributed by atoms with Gasteiger partial charge in [-0.2, -0.15) is 0 Å². The van der Waals surface area contributed by atoms with Crippen LogP contribution in [0.4, 0.5) is 11.4 Å². The highest BCUT2D eigenvalue weighted by Crippen LogP contribution is 2.39. The smallest absolute Gasteiger partial charge is 0.332 e. The van der Waals surface area contributed by atoms with Gasteiger partial charge in [-0.25, -0.2) is 4.79 Å². The highest BCUT2D eigenvalue weighted by atomic mass is 16.6. The molecule has 162 valence electrons. The molecule has 0 radical (unpaired) electrons. The molecule has 1 saturated heterocycles. The second kappa shape index (κ2) is 12.1. The number of carbonyl (C=O) groups excluding carboxylic acids is 2. The Kier molecular flexibility index (Phi) is 9.52. The Bertz CT molecular complexity index is 675. The Balaban J connectivity index is 2.15. The second-order valence-electron chi connectivity index (χ2n) is 6.13. The van der Waals surface area contributed by atoms with Crippen molar-refractivity contribution in [2.75, 3.05) is 69.6 Å². The summed E-state index contributed by atoms with van der Waals surface area (Å²) in [4.78, 5) is 25.9. The van der Waals surface area contributed by atoms with Crippen LogP contribution in [0.25, 0.3) is 0 Å². The minimum absolute atomic E-state index is 0.184. The lowest BCUT2D eigenvalue weighted by Gasteiger charge is -2.31. The van der Waals surface area contributed by atoms with Crippen molar-refractivity contribution in [1.29, 1.82) is 0 Å². The van der Waals surface area contributed by atoms with Crippen LogP contribution in [-0.4, -0.2) is 71.2 Å². The van der Waals surface area contributed by atoms with Gasteiger partial charge in [0.1, 0.15) is 18.1 Å². The summed E-state index contributed by atoms with van der Waals surface area (Å²) in [5.74, 6) is 0.0926. The number of nitrogens with zero attached hydrogens (tertiary/aromatic N) is 1. The number of anilines is 2. The molecule has 29 heavy (non-hydrogen) atoms. The van der Waals surface area contributed by atoms with E-state index in [1.54, 1.807) is 13.0 Å². The third-order valence-electron chi connectivity index (χ3n) is 4.07. The highest BCUT2D eigenvalue weighted by molar-refractivity contribution is 5.95. The van der Waals surface area contributed by atoms with E-state index >= 15 is 0 Å². The number of nitrogens with one attached hydrogen (secondary N) is 1. The number of hydrogen-bond acceptors (Lipinski definition) is 8. The van der Waals surface area contributed by atoms with E-state index in [1.165, 1.54) is 0 Å². The second-order valence-corrected chi connectivity index (χ2v) is 6.13. The lowest BCUT2D eigenvalue weighted by molar-refractivity contribution is -0.151. The fourth-order valence-electron chi connectivity index (χ4n) is 2.80. The van der Waals surface area contributed by atoms with Crippen LogP contribution in [0, 0.1) is 0 Å². The maximum Gasteiger partial charge on any atom is 0.332 e. The van der Waals surface area contributed by atoms with Crippen molar-refractivity contribution >= 4 is 23.3 Å².